The Morgan fingerprint density at radius 3 is 2.58 bits per heavy atom. The lowest BCUT2D eigenvalue weighted by Gasteiger charge is -2.27. The molecule has 0 aliphatic heterocycles. The molecule has 1 aromatic carbocycles. The molecule has 0 aromatic heterocycles. The van der Waals surface area contributed by atoms with Crippen LogP contribution in [0, 0.1) is 12.8 Å². The van der Waals surface area contributed by atoms with Crippen LogP contribution in [0.15, 0.2) is 18.2 Å². The van der Waals surface area contributed by atoms with Gasteiger partial charge in [0.05, 0.1) is 11.3 Å². The van der Waals surface area contributed by atoms with Crippen molar-refractivity contribution in [2.24, 2.45) is 11.8 Å². The Bertz CT molecular complexity index is 451. The second kappa shape index (κ2) is 6.06. The molecule has 1 fully saturated rings. The Morgan fingerprint density at radius 2 is 1.95 bits per heavy atom. The van der Waals surface area contributed by atoms with Gasteiger partial charge in [0.25, 0.3) is 5.91 Å². The van der Waals surface area contributed by atoms with E-state index in [9.17, 15) is 4.79 Å². The van der Waals surface area contributed by atoms with Crippen LogP contribution in [0.25, 0.3) is 0 Å². The lowest BCUT2D eigenvalue weighted by atomic mass is 9.87. The molecular weight excluding hydrogens is 238 g/mol. The number of nitrogens with two attached hydrogens (primary N) is 1. The van der Waals surface area contributed by atoms with Crippen LogP contribution in [0.4, 0.5) is 5.69 Å². The van der Waals surface area contributed by atoms with Crippen LogP contribution in [0.5, 0.6) is 0 Å². The van der Waals surface area contributed by atoms with Crippen molar-refractivity contribution in [1.82, 2.24) is 5.32 Å². The van der Waals surface area contributed by atoms with Crippen molar-refractivity contribution < 1.29 is 4.79 Å². The Kier molecular flexibility index (Phi) is 4.43. The smallest absolute Gasteiger partial charge is 0.253 e. The monoisotopic (exact) mass is 261 g/mol. The molecule has 1 aliphatic rings. The summed E-state index contributed by atoms with van der Waals surface area (Å²) < 4.78 is 0. The second-order valence-corrected chi connectivity index (χ2v) is 5.62. The van der Waals surface area contributed by atoms with E-state index in [0.717, 1.165) is 24.3 Å². The lowest BCUT2D eigenvalue weighted by Crippen LogP contribution is -2.37. The van der Waals surface area contributed by atoms with E-state index in [2.05, 4.69) is 17.7 Å². The summed E-state index contributed by atoms with van der Waals surface area (Å²) in [5.74, 6) is 6.21. The third-order valence-electron chi connectivity index (χ3n) is 3.93. The predicted molar refractivity (Wildman–Crippen MR) is 77.9 cm³/mol. The van der Waals surface area contributed by atoms with E-state index in [1.165, 1.54) is 12.8 Å². The number of nitrogens with one attached hydrogen (secondary N) is 2. The minimum absolute atomic E-state index is 0.0313. The molecule has 0 saturated heterocycles. The molecule has 0 radical (unpaired) electrons. The molecule has 0 spiro atoms. The minimum atomic E-state index is -0.0313. The topological polar surface area (TPSA) is 67.1 Å². The predicted octanol–water partition coefficient (Wildman–Crippen LogP) is 2.59. The van der Waals surface area contributed by atoms with E-state index < -0.39 is 0 Å². The number of hydrogen-bond acceptors (Lipinski definition) is 3. The van der Waals surface area contributed by atoms with Gasteiger partial charge in [0.2, 0.25) is 0 Å². The Hall–Kier alpha value is -1.55. The number of rotatable bonds is 3. The van der Waals surface area contributed by atoms with Gasteiger partial charge < -0.3 is 10.7 Å². The van der Waals surface area contributed by atoms with Gasteiger partial charge >= 0.3 is 0 Å². The Labute approximate surface area is 114 Å². The fourth-order valence-electron chi connectivity index (χ4n) is 2.64. The maximum atomic E-state index is 12.3. The van der Waals surface area contributed by atoms with Crippen LogP contribution in [0.3, 0.4) is 0 Å². The van der Waals surface area contributed by atoms with E-state index in [1.54, 1.807) is 0 Å². The van der Waals surface area contributed by atoms with E-state index in [-0.39, 0.29) is 5.91 Å². The zero-order valence-corrected chi connectivity index (χ0v) is 11.7. The van der Waals surface area contributed by atoms with Gasteiger partial charge in [-0.05, 0) is 50.7 Å². The molecule has 104 valence electrons. The first-order chi connectivity index (χ1) is 9.10. The molecule has 1 amide bonds. The van der Waals surface area contributed by atoms with Crippen LogP contribution in [-0.2, 0) is 0 Å². The highest BCUT2D eigenvalue weighted by molar-refractivity contribution is 5.99. The number of anilines is 1. The summed E-state index contributed by atoms with van der Waals surface area (Å²) in [6, 6.07) is 5.95. The zero-order chi connectivity index (χ0) is 13.8. The molecule has 4 heteroatoms. The third-order valence-corrected chi connectivity index (χ3v) is 3.93. The van der Waals surface area contributed by atoms with Crippen molar-refractivity contribution in [2.75, 3.05) is 5.43 Å². The van der Waals surface area contributed by atoms with Gasteiger partial charge in [0.15, 0.2) is 0 Å². The largest absolute Gasteiger partial charge is 0.349 e. The fourth-order valence-corrected chi connectivity index (χ4v) is 2.64. The first-order valence-electron chi connectivity index (χ1n) is 6.98. The van der Waals surface area contributed by atoms with Crippen LogP contribution in [0.2, 0.25) is 0 Å². The highest BCUT2D eigenvalue weighted by Crippen LogP contribution is 2.24. The van der Waals surface area contributed by atoms with E-state index in [4.69, 9.17) is 5.84 Å². The average Bonchev–Trinajstić information content (AvgIpc) is 2.41. The number of carbonyl (C=O) groups excluding carboxylic acids is 1. The molecule has 1 saturated carbocycles. The van der Waals surface area contributed by atoms with Gasteiger partial charge in [-0.3, -0.25) is 10.6 Å². The molecule has 1 aliphatic carbocycles. The summed E-state index contributed by atoms with van der Waals surface area (Å²) in [6.07, 6.45) is 4.54. The first-order valence-corrected chi connectivity index (χ1v) is 6.98. The van der Waals surface area contributed by atoms with Crippen molar-refractivity contribution in [1.29, 1.82) is 0 Å². The summed E-state index contributed by atoms with van der Waals surface area (Å²) in [5.41, 5.74) is 4.94. The van der Waals surface area contributed by atoms with Crippen molar-refractivity contribution in [3.05, 3.63) is 29.3 Å². The van der Waals surface area contributed by atoms with E-state index in [1.807, 2.05) is 25.1 Å². The van der Waals surface area contributed by atoms with Gasteiger partial charge in [-0.2, -0.15) is 0 Å². The molecule has 0 unspecified atom stereocenters. The summed E-state index contributed by atoms with van der Waals surface area (Å²) in [7, 11) is 0. The number of hydrazine groups is 1. The summed E-state index contributed by atoms with van der Waals surface area (Å²) in [6.45, 7) is 4.24. The third kappa shape index (κ3) is 3.47. The lowest BCUT2D eigenvalue weighted by molar-refractivity contribution is 0.0923. The number of carbonyl (C=O) groups is 1. The van der Waals surface area contributed by atoms with E-state index in [0.29, 0.717) is 17.3 Å². The Balaban J connectivity index is 2.05. The summed E-state index contributed by atoms with van der Waals surface area (Å²) in [4.78, 5) is 12.3. The zero-order valence-electron chi connectivity index (χ0n) is 11.7. The Morgan fingerprint density at radius 1 is 1.26 bits per heavy atom. The van der Waals surface area contributed by atoms with Crippen LogP contribution in [-0.4, -0.2) is 11.9 Å². The second-order valence-electron chi connectivity index (χ2n) is 5.62. The quantitative estimate of drug-likeness (QED) is 0.578. The average molecular weight is 261 g/mol. The normalized spacial score (nSPS) is 22.9. The van der Waals surface area contributed by atoms with Crippen molar-refractivity contribution in [2.45, 2.75) is 45.6 Å². The summed E-state index contributed by atoms with van der Waals surface area (Å²) in [5, 5.41) is 3.12. The molecule has 4 nitrogen and oxygen atoms in total. The number of aryl methyl sites for hydroxylation is 1. The SMILES string of the molecule is Cc1ccc(NN)c(C(=O)NC2CCC(C)CC2)c1. The molecule has 1 aromatic rings. The molecule has 2 rings (SSSR count). The van der Waals surface area contributed by atoms with Gasteiger partial charge in [0.1, 0.15) is 0 Å². The van der Waals surface area contributed by atoms with Crippen molar-refractivity contribution in [3.8, 4) is 0 Å². The highest BCUT2D eigenvalue weighted by atomic mass is 16.1. The molecule has 0 heterocycles. The van der Waals surface area contributed by atoms with Gasteiger partial charge in [0, 0.05) is 6.04 Å². The maximum Gasteiger partial charge on any atom is 0.253 e. The van der Waals surface area contributed by atoms with E-state index >= 15 is 0 Å². The first kappa shape index (κ1) is 13.9. The summed E-state index contributed by atoms with van der Waals surface area (Å²) >= 11 is 0. The van der Waals surface area contributed by atoms with Gasteiger partial charge in [-0.15, -0.1) is 0 Å². The number of benzene rings is 1. The standard InChI is InChI=1S/C15H23N3O/c1-10-3-6-12(7-4-10)17-15(19)13-9-11(2)5-8-14(13)18-16/h5,8-10,12,18H,3-4,6-7,16H2,1-2H3,(H,17,19). The molecular formula is C15H23N3O. The number of nitrogen functional groups attached to an aromatic ring is 1. The van der Waals surface area contributed by atoms with Gasteiger partial charge in [-0.25, -0.2) is 0 Å². The number of amides is 1. The minimum Gasteiger partial charge on any atom is -0.349 e. The molecule has 0 atom stereocenters. The van der Waals surface area contributed by atoms with Crippen LogP contribution < -0.4 is 16.6 Å². The van der Waals surface area contributed by atoms with Crippen molar-refractivity contribution in [3.63, 3.8) is 0 Å². The number of hydrogen-bond donors (Lipinski definition) is 3. The van der Waals surface area contributed by atoms with Crippen molar-refractivity contribution >= 4 is 11.6 Å². The maximum absolute atomic E-state index is 12.3. The fraction of sp³-hybridized carbons (Fsp3) is 0.533. The van der Waals surface area contributed by atoms with Crippen LogP contribution in [0.1, 0.15) is 48.5 Å². The molecule has 0 bridgehead atoms. The molecule has 19 heavy (non-hydrogen) atoms. The molecule has 4 N–H and O–H groups in total. The van der Waals surface area contributed by atoms with Gasteiger partial charge in [-0.1, -0.05) is 18.6 Å². The van der Waals surface area contributed by atoms with Crippen LogP contribution >= 0.6 is 0 Å². The highest BCUT2D eigenvalue weighted by Gasteiger charge is 2.21.